The molecule has 0 aliphatic carbocycles. The van der Waals surface area contributed by atoms with Gasteiger partial charge in [0.1, 0.15) is 12.2 Å². The quantitative estimate of drug-likeness (QED) is 0.929. The molecule has 1 heterocycles. The molecule has 1 rings (SSSR count). The molecule has 0 radical (unpaired) electrons. The van der Waals surface area contributed by atoms with Crippen LogP contribution in [0.2, 0.25) is 5.02 Å². The number of nitrogens with zero attached hydrogens (tertiary/aromatic N) is 2. The Morgan fingerprint density at radius 1 is 1.40 bits per heavy atom. The number of hydrogen-bond donors (Lipinski definition) is 1. The molecule has 0 bridgehead atoms. The molecule has 0 aromatic carbocycles. The predicted octanol–water partition coefficient (Wildman–Crippen LogP) is 3.05. The van der Waals surface area contributed by atoms with E-state index in [0.717, 1.165) is 0 Å². The molecule has 0 saturated heterocycles. The highest BCUT2D eigenvalue weighted by atomic mass is 35.5. The van der Waals surface area contributed by atoms with Gasteiger partial charge in [-0.15, -0.1) is 0 Å². The van der Waals surface area contributed by atoms with Crippen molar-refractivity contribution in [3.8, 4) is 0 Å². The molecule has 5 nitrogen and oxygen atoms in total. The van der Waals surface area contributed by atoms with Crippen LogP contribution in [-0.2, 0) is 4.79 Å². The van der Waals surface area contributed by atoms with Crippen LogP contribution in [0.5, 0.6) is 0 Å². The summed E-state index contributed by atoms with van der Waals surface area (Å²) in [6.07, 6.45) is 1.68. The summed E-state index contributed by atoms with van der Waals surface area (Å²) in [6.45, 7) is 8.94. The number of rotatable bonds is 4. The Hall–Kier alpha value is -1.49. The highest BCUT2D eigenvalue weighted by Gasteiger charge is 2.31. The highest BCUT2D eigenvalue weighted by Crippen LogP contribution is 2.23. The first-order valence-corrected chi connectivity index (χ1v) is 6.83. The summed E-state index contributed by atoms with van der Waals surface area (Å²) in [4.78, 5) is 25.0. The Labute approximate surface area is 124 Å². The lowest BCUT2D eigenvalue weighted by Gasteiger charge is -2.34. The molecule has 6 heteroatoms. The Balaban J connectivity index is 3.22. The van der Waals surface area contributed by atoms with Gasteiger partial charge in [0.25, 0.3) is 5.91 Å². The minimum absolute atomic E-state index is 0.0631. The third kappa shape index (κ3) is 3.76. The molecule has 1 amide bonds. The Bertz CT molecular complexity index is 515. The van der Waals surface area contributed by atoms with Crippen LogP contribution < -0.4 is 0 Å². The predicted molar refractivity (Wildman–Crippen MR) is 78.3 cm³/mol. The number of aromatic nitrogens is 1. The number of carbonyl (C=O) groups is 2. The van der Waals surface area contributed by atoms with Crippen LogP contribution >= 0.6 is 11.6 Å². The van der Waals surface area contributed by atoms with Crippen molar-refractivity contribution in [2.45, 2.75) is 46.2 Å². The van der Waals surface area contributed by atoms with Gasteiger partial charge in [-0.3, -0.25) is 9.59 Å². The van der Waals surface area contributed by atoms with E-state index in [9.17, 15) is 9.59 Å². The molecule has 0 aliphatic rings. The molecule has 0 fully saturated rings. The number of carboxylic acid groups (broad SMARTS) is 1. The second-order valence-electron chi connectivity index (χ2n) is 6.00. The van der Waals surface area contributed by atoms with Crippen LogP contribution in [0.3, 0.4) is 0 Å². The second kappa shape index (κ2) is 5.87. The number of halogens is 1. The maximum Gasteiger partial charge on any atom is 0.323 e. The van der Waals surface area contributed by atoms with Crippen molar-refractivity contribution in [2.24, 2.45) is 0 Å². The van der Waals surface area contributed by atoms with Crippen LogP contribution in [0.1, 0.15) is 51.1 Å². The zero-order valence-corrected chi connectivity index (χ0v) is 13.2. The zero-order chi connectivity index (χ0) is 15.7. The van der Waals surface area contributed by atoms with Gasteiger partial charge >= 0.3 is 5.97 Å². The lowest BCUT2D eigenvalue weighted by molar-refractivity contribution is -0.138. The van der Waals surface area contributed by atoms with E-state index in [-0.39, 0.29) is 18.5 Å². The summed E-state index contributed by atoms with van der Waals surface area (Å²) in [5, 5.41) is 9.46. The summed E-state index contributed by atoms with van der Waals surface area (Å²) < 4.78 is 1.76. The van der Waals surface area contributed by atoms with Gasteiger partial charge in [0.05, 0.1) is 5.02 Å². The van der Waals surface area contributed by atoms with Gasteiger partial charge in [-0.25, -0.2) is 0 Å². The molecule has 0 aliphatic heterocycles. The third-order valence-corrected chi connectivity index (χ3v) is 3.15. The van der Waals surface area contributed by atoms with Crippen molar-refractivity contribution >= 4 is 23.5 Å². The Morgan fingerprint density at radius 3 is 2.35 bits per heavy atom. The van der Waals surface area contributed by atoms with Crippen LogP contribution in [-0.4, -0.2) is 38.5 Å². The first kappa shape index (κ1) is 16.6. The van der Waals surface area contributed by atoms with Gasteiger partial charge in [0.2, 0.25) is 0 Å². The Kier molecular flexibility index (Phi) is 4.86. The molecule has 0 spiro atoms. The molecule has 1 N–H and O–H groups in total. The molecule has 1 aromatic rings. The second-order valence-corrected chi connectivity index (χ2v) is 6.44. The number of aliphatic carboxylic acids is 1. The van der Waals surface area contributed by atoms with E-state index >= 15 is 0 Å². The van der Waals surface area contributed by atoms with Crippen molar-refractivity contribution in [3.05, 3.63) is 23.0 Å². The molecule has 1 aromatic heterocycles. The van der Waals surface area contributed by atoms with Crippen molar-refractivity contribution in [1.29, 1.82) is 0 Å². The summed E-state index contributed by atoms with van der Waals surface area (Å²) in [5.41, 5.74) is -0.185. The first-order valence-electron chi connectivity index (χ1n) is 6.45. The van der Waals surface area contributed by atoms with Gasteiger partial charge in [-0.2, -0.15) is 0 Å². The summed E-state index contributed by atoms with van der Waals surface area (Å²) >= 11 is 5.97. The highest BCUT2D eigenvalue weighted by molar-refractivity contribution is 6.31. The summed E-state index contributed by atoms with van der Waals surface area (Å²) in [6, 6.07) is 1.64. The van der Waals surface area contributed by atoms with Gasteiger partial charge in [-0.05, 0) is 40.7 Å². The topological polar surface area (TPSA) is 62.5 Å². The van der Waals surface area contributed by atoms with E-state index in [2.05, 4.69) is 0 Å². The fraction of sp³-hybridized carbons (Fsp3) is 0.571. The van der Waals surface area contributed by atoms with Gasteiger partial charge < -0.3 is 14.6 Å². The lowest BCUT2D eigenvalue weighted by Crippen LogP contribution is -2.48. The van der Waals surface area contributed by atoms with E-state index in [1.807, 2.05) is 13.8 Å². The standard InChI is InChI=1S/C14H21ClN2O3/c1-9(2)16-7-10(15)6-11(16)13(20)17(8-12(18)19)14(3,4)5/h6-7,9H,8H2,1-5H3,(H,18,19). The lowest BCUT2D eigenvalue weighted by atomic mass is 10.1. The van der Waals surface area contributed by atoms with Crippen molar-refractivity contribution in [3.63, 3.8) is 0 Å². The minimum atomic E-state index is -1.04. The molecule has 20 heavy (non-hydrogen) atoms. The maximum absolute atomic E-state index is 12.6. The molecule has 0 atom stereocenters. The smallest absolute Gasteiger partial charge is 0.323 e. The number of carbonyl (C=O) groups excluding carboxylic acids is 1. The fourth-order valence-corrected chi connectivity index (χ4v) is 2.14. The average molecular weight is 301 g/mol. The van der Waals surface area contributed by atoms with E-state index in [0.29, 0.717) is 10.7 Å². The SMILES string of the molecule is CC(C)n1cc(Cl)cc1C(=O)N(CC(=O)O)C(C)(C)C. The zero-order valence-electron chi connectivity index (χ0n) is 12.5. The van der Waals surface area contributed by atoms with Gasteiger partial charge in [0, 0.05) is 17.8 Å². The summed E-state index contributed by atoms with van der Waals surface area (Å²) in [7, 11) is 0. The third-order valence-electron chi connectivity index (χ3n) is 2.94. The minimum Gasteiger partial charge on any atom is -0.480 e. The van der Waals surface area contributed by atoms with Crippen LogP contribution in [0.15, 0.2) is 12.3 Å². The van der Waals surface area contributed by atoms with Crippen LogP contribution in [0, 0.1) is 0 Å². The maximum atomic E-state index is 12.6. The molecule has 112 valence electrons. The van der Waals surface area contributed by atoms with Crippen molar-refractivity contribution in [1.82, 2.24) is 9.47 Å². The average Bonchev–Trinajstić information content (AvgIpc) is 2.65. The van der Waals surface area contributed by atoms with Crippen molar-refractivity contribution in [2.75, 3.05) is 6.54 Å². The largest absolute Gasteiger partial charge is 0.480 e. The molecule has 0 saturated carbocycles. The first-order chi connectivity index (χ1) is 9.04. The fourth-order valence-electron chi connectivity index (χ4n) is 1.93. The van der Waals surface area contributed by atoms with Crippen LogP contribution in [0.4, 0.5) is 0 Å². The normalized spacial score (nSPS) is 11.8. The number of amides is 1. The molecular formula is C14H21ClN2O3. The number of carboxylic acids is 1. The van der Waals surface area contributed by atoms with E-state index < -0.39 is 11.5 Å². The number of hydrogen-bond acceptors (Lipinski definition) is 2. The van der Waals surface area contributed by atoms with Crippen LogP contribution in [0.25, 0.3) is 0 Å². The van der Waals surface area contributed by atoms with Gasteiger partial charge in [-0.1, -0.05) is 11.6 Å². The monoisotopic (exact) mass is 300 g/mol. The summed E-state index contributed by atoms with van der Waals surface area (Å²) in [5.74, 6) is -1.37. The molecule has 0 unspecified atom stereocenters. The van der Waals surface area contributed by atoms with Gasteiger partial charge in [0.15, 0.2) is 0 Å². The van der Waals surface area contributed by atoms with Crippen molar-refractivity contribution < 1.29 is 14.7 Å². The van der Waals surface area contributed by atoms with E-state index in [4.69, 9.17) is 16.7 Å². The van der Waals surface area contributed by atoms with E-state index in [1.54, 1.807) is 37.6 Å². The van der Waals surface area contributed by atoms with E-state index in [1.165, 1.54) is 4.90 Å². The Morgan fingerprint density at radius 2 is 1.95 bits per heavy atom. The molecular weight excluding hydrogens is 280 g/mol.